The van der Waals surface area contributed by atoms with E-state index in [-0.39, 0.29) is 5.69 Å². The fourth-order valence-electron chi connectivity index (χ4n) is 2.85. The van der Waals surface area contributed by atoms with Gasteiger partial charge in [-0.15, -0.1) is 10.2 Å². The molecule has 2 N–H and O–H groups in total. The van der Waals surface area contributed by atoms with Crippen LogP contribution in [0.15, 0.2) is 80.0 Å². The lowest BCUT2D eigenvalue weighted by atomic mass is 10.0. The number of nitrogens with one attached hydrogen (secondary N) is 2. The van der Waals surface area contributed by atoms with Gasteiger partial charge in [0.05, 0.1) is 5.56 Å². The number of alkyl halides is 3. The Hall–Kier alpha value is -3.60. The Morgan fingerprint density at radius 3 is 2.47 bits per heavy atom. The lowest BCUT2D eigenvalue weighted by Crippen LogP contribution is -2.21. The zero-order valence-electron chi connectivity index (χ0n) is 15.1. The lowest BCUT2D eigenvalue weighted by Gasteiger charge is -2.15. The molecule has 0 atom stereocenters. The average Bonchev–Trinajstić information content (AvgIpc) is 3.42. The number of benzene rings is 2. The van der Waals surface area contributed by atoms with Crippen LogP contribution in [-0.4, -0.2) is 6.03 Å². The first kappa shape index (κ1) is 19.7. The molecule has 1 aliphatic heterocycles. The number of anilines is 2. The van der Waals surface area contributed by atoms with Crippen molar-refractivity contribution in [1.29, 1.82) is 0 Å². The van der Waals surface area contributed by atoms with Crippen LogP contribution in [-0.2, 0) is 6.18 Å². The van der Waals surface area contributed by atoms with Crippen molar-refractivity contribution in [2.75, 3.05) is 10.6 Å². The maximum absolute atomic E-state index is 12.9. The van der Waals surface area contributed by atoms with Crippen molar-refractivity contribution >= 4 is 28.7 Å². The van der Waals surface area contributed by atoms with Gasteiger partial charge in [-0.05, 0) is 68.7 Å². The van der Waals surface area contributed by atoms with Gasteiger partial charge >= 0.3 is 12.2 Å². The number of rotatable bonds is 4. The van der Waals surface area contributed by atoms with E-state index in [2.05, 4.69) is 31.3 Å². The van der Waals surface area contributed by atoms with Gasteiger partial charge in [0.15, 0.2) is 0 Å². The van der Waals surface area contributed by atoms with E-state index in [1.54, 1.807) is 17.4 Å². The first-order valence-electron chi connectivity index (χ1n) is 8.62. The van der Waals surface area contributed by atoms with E-state index in [4.69, 9.17) is 0 Å². The Labute approximate surface area is 172 Å². The molecule has 0 saturated carbocycles. The lowest BCUT2D eigenvalue weighted by molar-refractivity contribution is -0.137. The second-order valence-corrected chi connectivity index (χ2v) is 7.04. The predicted octanol–water partition coefficient (Wildman–Crippen LogP) is 6.91. The molecular formula is C19H13F3N6OS. The molecule has 2 aromatic carbocycles. The van der Waals surface area contributed by atoms with Crippen LogP contribution >= 0.6 is 11.3 Å². The van der Waals surface area contributed by atoms with E-state index >= 15 is 0 Å². The minimum Gasteiger partial charge on any atom is -0.308 e. The number of hydrogen-bond donors (Lipinski definition) is 2. The molecule has 152 valence electrons. The van der Waals surface area contributed by atoms with Gasteiger partial charge in [-0.2, -0.15) is 24.5 Å². The van der Waals surface area contributed by atoms with Crippen molar-refractivity contribution in [3.8, 4) is 11.1 Å². The Kier molecular flexibility index (Phi) is 5.27. The number of hydrogen-bond acceptors (Lipinski definition) is 6. The van der Waals surface area contributed by atoms with E-state index in [0.29, 0.717) is 11.3 Å². The highest BCUT2D eigenvalue weighted by Crippen LogP contribution is 2.35. The first-order chi connectivity index (χ1) is 14.4. The van der Waals surface area contributed by atoms with Gasteiger partial charge < -0.3 is 10.6 Å². The first-order valence-corrected chi connectivity index (χ1v) is 9.56. The topological polar surface area (TPSA) is 90.6 Å². The number of carbonyl (C=O) groups excluding carboxylic acids is 1. The zero-order chi connectivity index (χ0) is 21.1. The van der Waals surface area contributed by atoms with Crippen LogP contribution in [0.1, 0.15) is 17.3 Å². The molecule has 0 unspecified atom stereocenters. The average molecular weight is 430 g/mol. The number of urea groups is 1. The van der Waals surface area contributed by atoms with Crippen LogP contribution in [0.25, 0.3) is 11.1 Å². The van der Waals surface area contributed by atoms with Gasteiger partial charge in [-0.1, -0.05) is 12.1 Å². The summed E-state index contributed by atoms with van der Waals surface area (Å²) in [5.41, 5.74) is 2.00. The molecule has 4 rings (SSSR count). The van der Waals surface area contributed by atoms with Gasteiger partial charge in [-0.3, -0.25) is 0 Å². The molecule has 0 saturated heterocycles. The molecule has 2 heterocycles. The second-order valence-electron chi connectivity index (χ2n) is 6.26. The van der Waals surface area contributed by atoms with Gasteiger partial charge in [0.1, 0.15) is 0 Å². The molecule has 0 radical (unpaired) electrons. The standard InChI is InChI=1S/C19H13F3N6OS/c20-19(21,22)13-2-1-3-14(9-13)23-18(29)24-16-5-4-11(12-6-7-30-10-12)8-15(16)17-25-27-28-26-17/h1-10,17H,(H2,23,24,29). The van der Waals surface area contributed by atoms with Crippen LogP contribution in [0.5, 0.6) is 0 Å². The van der Waals surface area contributed by atoms with Crippen LogP contribution in [0.3, 0.4) is 0 Å². The van der Waals surface area contributed by atoms with Gasteiger partial charge in [0.25, 0.3) is 0 Å². The van der Waals surface area contributed by atoms with Crippen LogP contribution in [0.4, 0.5) is 29.3 Å². The summed E-state index contributed by atoms with van der Waals surface area (Å²) in [6, 6.07) is 10.9. The maximum Gasteiger partial charge on any atom is 0.416 e. The fourth-order valence-corrected chi connectivity index (χ4v) is 3.51. The monoisotopic (exact) mass is 430 g/mol. The minimum absolute atomic E-state index is 0.0130. The Morgan fingerprint density at radius 2 is 1.77 bits per heavy atom. The largest absolute Gasteiger partial charge is 0.416 e. The second kappa shape index (κ2) is 8.03. The highest BCUT2D eigenvalue weighted by Gasteiger charge is 2.30. The summed E-state index contributed by atoms with van der Waals surface area (Å²) in [7, 11) is 0. The molecule has 1 aliphatic rings. The molecule has 7 nitrogen and oxygen atoms in total. The molecule has 3 aromatic rings. The summed E-state index contributed by atoms with van der Waals surface area (Å²) in [6.07, 6.45) is -5.22. The van der Waals surface area contributed by atoms with Crippen LogP contribution in [0, 0.1) is 0 Å². The van der Waals surface area contributed by atoms with Crippen LogP contribution in [0.2, 0.25) is 0 Å². The highest BCUT2D eigenvalue weighted by molar-refractivity contribution is 7.08. The summed E-state index contributed by atoms with van der Waals surface area (Å²) >= 11 is 1.55. The molecule has 0 fully saturated rings. The van der Waals surface area contributed by atoms with Crippen LogP contribution < -0.4 is 10.6 Å². The van der Waals surface area contributed by atoms with Gasteiger partial charge in [0.2, 0.25) is 6.17 Å². The van der Waals surface area contributed by atoms with E-state index in [9.17, 15) is 18.0 Å². The summed E-state index contributed by atoms with van der Waals surface area (Å²) in [5, 5.41) is 23.8. The molecule has 30 heavy (non-hydrogen) atoms. The smallest absolute Gasteiger partial charge is 0.308 e. The maximum atomic E-state index is 12.9. The summed E-state index contributed by atoms with van der Waals surface area (Å²) in [6.45, 7) is 0. The van der Waals surface area contributed by atoms with E-state index in [1.807, 2.05) is 29.0 Å². The SMILES string of the molecule is O=C(Nc1cccc(C(F)(F)F)c1)Nc1ccc(-c2ccsc2)cc1C1N=NN=N1. The molecule has 2 amide bonds. The third-order valence-electron chi connectivity index (χ3n) is 4.24. The molecule has 11 heteroatoms. The highest BCUT2D eigenvalue weighted by atomic mass is 32.1. The molecule has 1 aromatic heterocycles. The zero-order valence-corrected chi connectivity index (χ0v) is 15.9. The van der Waals surface area contributed by atoms with Gasteiger partial charge in [-0.25, -0.2) is 4.79 Å². The van der Waals surface area contributed by atoms with Crippen molar-refractivity contribution in [1.82, 2.24) is 0 Å². The van der Waals surface area contributed by atoms with Crippen molar-refractivity contribution in [2.45, 2.75) is 12.3 Å². The number of halogens is 3. The van der Waals surface area contributed by atoms with Crippen molar-refractivity contribution in [3.63, 3.8) is 0 Å². The Bertz CT molecular complexity index is 1120. The van der Waals surface area contributed by atoms with E-state index in [0.717, 1.165) is 23.3 Å². The predicted molar refractivity (Wildman–Crippen MR) is 106 cm³/mol. The molecule has 0 aliphatic carbocycles. The fraction of sp³-hybridized carbons (Fsp3) is 0.105. The van der Waals surface area contributed by atoms with Crippen molar-refractivity contribution < 1.29 is 18.0 Å². The minimum atomic E-state index is -4.50. The number of carbonyl (C=O) groups is 1. The number of thiophene rings is 1. The Morgan fingerprint density at radius 1 is 0.967 bits per heavy atom. The number of nitrogens with zero attached hydrogens (tertiary/aromatic N) is 4. The van der Waals surface area contributed by atoms with E-state index in [1.165, 1.54) is 12.1 Å². The van der Waals surface area contributed by atoms with Crippen molar-refractivity contribution in [3.05, 3.63) is 70.4 Å². The summed E-state index contributed by atoms with van der Waals surface area (Å²) in [5.74, 6) is 0. The van der Waals surface area contributed by atoms with Gasteiger partial charge in [0, 0.05) is 16.9 Å². The summed E-state index contributed by atoms with van der Waals surface area (Å²) in [4.78, 5) is 12.4. The normalized spacial score (nSPS) is 13.6. The molecular weight excluding hydrogens is 417 g/mol. The molecule has 0 bridgehead atoms. The Balaban J connectivity index is 1.57. The third-order valence-corrected chi connectivity index (χ3v) is 4.93. The third kappa shape index (κ3) is 4.35. The van der Waals surface area contributed by atoms with E-state index < -0.39 is 23.9 Å². The molecule has 0 spiro atoms. The summed E-state index contributed by atoms with van der Waals surface area (Å²) < 4.78 is 38.6. The number of amides is 2. The quantitative estimate of drug-likeness (QED) is 0.463. The van der Waals surface area contributed by atoms with Crippen molar-refractivity contribution in [2.24, 2.45) is 20.7 Å².